The molecule has 2 heterocycles. The summed E-state index contributed by atoms with van der Waals surface area (Å²) in [6.07, 6.45) is 0. The summed E-state index contributed by atoms with van der Waals surface area (Å²) in [4.78, 5) is 13.1. The number of amides is 1. The third kappa shape index (κ3) is 4.35. The van der Waals surface area contributed by atoms with Crippen molar-refractivity contribution in [3.8, 4) is 28.2 Å². The Balaban J connectivity index is 1.35. The van der Waals surface area contributed by atoms with E-state index in [0.29, 0.717) is 17.0 Å². The summed E-state index contributed by atoms with van der Waals surface area (Å²) in [5.74, 6) is -0.372. The first kappa shape index (κ1) is 21.6. The summed E-state index contributed by atoms with van der Waals surface area (Å²) < 4.78 is 6.00. The highest BCUT2D eigenvalue weighted by Gasteiger charge is 2.25. The minimum absolute atomic E-state index is 0.0180. The van der Waals surface area contributed by atoms with E-state index in [-0.39, 0.29) is 17.3 Å². The van der Waals surface area contributed by atoms with Gasteiger partial charge < -0.3 is 5.73 Å². The summed E-state index contributed by atoms with van der Waals surface area (Å²) >= 11 is 0. The van der Waals surface area contributed by atoms with Crippen LogP contribution in [0.1, 0.15) is 16.1 Å². The molecule has 0 aliphatic rings. The quantitative estimate of drug-likeness (QED) is 0.311. The van der Waals surface area contributed by atoms with Gasteiger partial charge in [-0.05, 0) is 27.0 Å². The Morgan fingerprint density at radius 2 is 1.46 bits per heavy atom. The number of hydrazine groups is 1. The largest absolute Gasteiger partial charge is 0.378 e. The first-order valence-corrected chi connectivity index (χ1v) is 10.6. The van der Waals surface area contributed by atoms with Crippen molar-refractivity contribution >= 4 is 17.4 Å². The second-order valence-corrected chi connectivity index (χ2v) is 7.54. The number of aromatic nitrogens is 5. The summed E-state index contributed by atoms with van der Waals surface area (Å²) in [7, 11) is 0. The van der Waals surface area contributed by atoms with Gasteiger partial charge in [0, 0.05) is 5.56 Å². The molecule has 10 heteroatoms. The number of nitrogen functional groups attached to an aromatic ring is 1. The predicted molar refractivity (Wildman–Crippen MR) is 131 cm³/mol. The van der Waals surface area contributed by atoms with Crippen LogP contribution < -0.4 is 16.6 Å². The molecule has 35 heavy (non-hydrogen) atoms. The zero-order chi connectivity index (χ0) is 24.2. The van der Waals surface area contributed by atoms with Crippen LogP contribution in [0.5, 0.6) is 0 Å². The van der Waals surface area contributed by atoms with Crippen molar-refractivity contribution in [1.82, 2.24) is 36.2 Å². The molecule has 0 fully saturated rings. The van der Waals surface area contributed by atoms with Crippen molar-refractivity contribution in [3.05, 3.63) is 103 Å². The molecule has 0 saturated heterocycles. The second-order valence-electron chi connectivity index (χ2n) is 7.54. The molecule has 172 valence electrons. The van der Waals surface area contributed by atoms with Crippen molar-refractivity contribution in [1.29, 1.82) is 0 Å². The monoisotopic (exact) mass is 464 g/mol. The van der Waals surface area contributed by atoms with Gasteiger partial charge in [0.2, 0.25) is 11.6 Å². The number of nitrogens with zero attached hydrogens (tertiary/aromatic N) is 5. The maximum absolute atomic E-state index is 13.1. The van der Waals surface area contributed by atoms with Gasteiger partial charge >= 0.3 is 0 Å². The Labute approximate surface area is 200 Å². The average Bonchev–Trinajstić information content (AvgIpc) is 3.54. The van der Waals surface area contributed by atoms with Crippen LogP contribution in [-0.4, -0.2) is 31.2 Å². The molecule has 0 atom stereocenters. The molecule has 2 aromatic heterocycles. The first-order chi connectivity index (χ1) is 17.1. The van der Waals surface area contributed by atoms with E-state index in [1.807, 2.05) is 84.9 Å². The number of hydrogen-bond acceptors (Lipinski definition) is 8. The Morgan fingerprint density at radius 1 is 0.829 bits per heavy atom. The summed E-state index contributed by atoms with van der Waals surface area (Å²) in [5.41, 5.74) is 16.0. The maximum atomic E-state index is 13.1. The lowest BCUT2D eigenvalue weighted by atomic mass is 10.0. The third-order valence-corrected chi connectivity index (χ3v) is 5.30. The standard InChI is InChI=1S/C25H20N8O2/c1-16(17-12-14-19(15-13-17)18-8-4-2-5-9-18)27-29-25(34)21-22(20-10-6-3-7-11-20)33(32-28-21)24-23(26)30-35-31-24/h2-15,27H,1H2,(H2,26,30)(H,29,34). The van der Waals surface area contributed by atoms with Crippen LogP contribution >= 0.6 is 0 Å². The van der Waals surface area contributed by atoms with Crippen molar-refractivity contribution in [2.75, 3.05) is 5.73 Å². The van der Waals surface area contributed by atoms with Gasteiger partial charge in [0.25, 0.3) is 5.91 Å². The fourth-order valence-corrected chi connectivity index (χ4v) is 3.53. The van der Waals surface area contributed by atoms with E-state index in [2.05, 4.69) is 42.7 Å². The van der Waals surface area contributed by atoms with Gasteiger partial charge in [-0.3, -0.25) is 15.6 Å². The number of anilines is 1. The van der Waals surface area contributed by atoms with E-state index in [9.17, 15) is 4.79 Å². The zero-order valence-electron chi connectivity index (χ0n) is 18.4. The van der Waals surface area contributed by atoms with Crippen LogP contribution in [0.25, 0.3) is 33.9 Å². The lowest BCUT2D eigenvalue weighted by molar-refractivity contribution is 0.0938. The Morgan fingerprint density at radius 3 is 2.09 bits per heavy atom. The second kappa shape index (κ2) is 9.32. The molecular formula is C25H20N8O2. The van der Waals surface area contributed by atoms with Gasteiger partial charge in [-0.2, -0.15) is 4.68 Å². The molecule has 0 saturated carbocycles. The molecule has 0 spiro atoms. The Bertz CT molecular complexity index is 1480. The highest BCUT2D eigenvalue weighted by molar-refractivity contribution is 5.98. The molecular weight excluding hydrogens is 444 g/mol. The van der Waals surface area contributed by atoms with Gasteiger partial charge in [-0.15, -0.1) is 5.10 Å². The molecule has 5 rings (SSSR count). The highest BCUT2D eigenvalue weighted by Crippen LogP contribution is 2.26. The van der Waals surface area contributed by atoms with Crippen LogP contribution in [0.4, 0.5) is 5.82 Å². The Hall–Kier alpha value is -5.25. The van der Waals surface area contributed by atoms with Crippen LogP contribution in [-0.2, 0) is 0 Å². The molecule has 0 aliphatic heterocycles. The molecule has 4 N–H and O–H groups in total. The van der Waals surface area contributed by atoms with Crippen LogP contribution in [0.2, 0.25) is 0 Å². The van der Waals surface area contributed by atoms with Gasteiger partial charge in [-0.25, -0.2) is 4.63 Å². The molecule has 0 bridgehead atoms. The van der Waals surface area contributed by atoms with Crippen LogP contribution in [0.3, 0.4) is 0 Å². The molecule has 3 aromatic carbocycles. The van der Waals surface area contributed by atoms with Crippen molar-refractivity contribution in [2.24, 2.45) is 0 Å². The minimum Gasteiger partial charge on any atom is -0.378 e. The lowest BCUT2D eigenvalue weighted by Crippen LogP contribution is -2.36. The van der Waals surface area contributed by atoms with Crippen LogP contribution in [0, 0.1) is 0 Å². The first-order valence-electron chi connectivity index (χ1n) is 10.6. The molecule has 0 aliphatic carbocycles. The lowest BCUT2D eigenvalue weighted by Gasteiger charge is -2.12. The van der Waals surface area contributed by atoms with Gasteiger partial charge in [0.05, 0.1) is 5.70 Å². The SMILES string of the molecule is C=C(NNC(=O)c1nnn(-c2nonc2N)c1-c1ccccc1)c1ccc(-c2ccccc2)cc1. The van der Waals surface area contributed by atoms with E-state index >= 15 is 0 Å². The third-order valence-electron chi connectivity index (χ3n) is 5.30. The predicted octanol–water partition coefficient (Wildman–Crippen LogP) is 3.47. The highest BCUT2D eigenvalue weighted by atomic mass is 16.6. The number of nitrogens with two attached hydrogens (primary N) is 1. The summed E-state index contributed by atoms with van der Waals surface area (Å²) in [6.45, 7) is 4.02. The number of benzene rings is 3. The fraction of sp³-hybridized carbons (Fsp3) is 0. The number of carbonyl (C=O) groups is 1. The summed E-state index contributed by atoms with van der Waals surface area (Å²) in [6, 6.07) is 27.0. The molecule has 10 nitrogen and oxygen atoms in total. The van der Waals surface area contributed by atoms with Gasteiger partial charge in [-0.1, -0.05) is 96.7 Å². The van der Waals surface area contributed by atoms with Crippen LogP contribution in [0.15, 0.2) is 96.1 Å². The smallest absolute Gasteiger partial charge is 0.292 e. The zero-order valence-corrected chi connectivity index (χ0v) is 18.4. The number of nitrogens with one attached hydrogen (secondary N) is 2. The minimum atomic E-state index is -0.521. The topological polar surface area (TPSA) is 137 Å². The maximum Gasteiger partial charge on any atom is 0.292 e. The van der Waals surface area contributed by atoms with Gasteiger partial charge in [0.15, 0.2) is 5.69 Å². The van der Waals surface area contributed by atoms with E-state index in [1.54, 1.807) is 0 Å². The molecule has 1 amide bonds. The number of carbonyl (C=O) groups excluding carboxylic acids is 1. The average molecular weight is 464 g/mol. The van der Waals surface area contributed by atoms with E-state index in [4.69, 9.17) is 5.73 Å². The van der Waals surface area contributed by atoms with Crippen molar-refractivity contribution in [2.45, 2.75) is 0 Å². The van der Waals surface area contributed by atoms with E-state index in [0.717, 1.165) is 16.7 Å². The Kier molecular flexibility index (Phi) is 5.75. The van der Waals surface area contributed by atoms with E-state index in [1.165, 1.54) is 4.68 Å². The van der Waals surface area contributed by atoms with Crippen molar-refractivity contribution in [3.63, 3.8) is 0 Å². The van der Waals surface area contributed by atoms with Crippen molar-refractivity contribution < 1.29 is 9.42 Å². The van der Waals surface area contributed by atoms with E-state index < -0.39 is 5.91 Å². The van der Waals surface area contributed by atoms with Gasteiger partial charge in [0.1, 0.15) is 5.69 Å². The molecule has 0 radical (unpaired) electrons. The number of hydrogen-bond donors (Lipinski definition) is 3. The normalized spacial score (nSPS) is 10.6. The fourth-order valence-electron chi connectivity index (χ4n) is 3.53. The number of rotatable bonds is 7. The molecule has 5 aromatic rings. The summed E-state index contributed by atoms with van der Waals surface area (Å²) in [5, 5.41) is 15.5. The molecule has 0 unspecified atom stereocenters.